The number of thiazole rings is 1. The fraction of sp³-hybridized carbons (Fsp3) is 0.227. The third-order valence-corrected chi connectivity index (χ3v) is 5.43. The Kier molecular flexibility index (Phi) is 7.35. The molecule has 0 spiro atoms. The number of nitrogens with zero attached hydrogens (tertiary/aromatic N) is 3. The molecule has 0 amide bonds. The molecule has 1 atom stereocenters. The maximum atomic E-state index is 9.57. The van der Waals surface area contributed by atoms with Gasteiger partial charge in [-0.05, 0) is 30.7 Å². The number of aliphatic imine (C=N–C) groups is 1. The number of nitriles is 1. The molecule has 0 fully saturated rings. The number of benzene rings is 2. The molecule has 0 N–H and O–H groups in total. The predicted octanol–water partition coefficient (Wildman–Crippen LogP) is 6.76. The van der Waals surface area contributed by atoms with Crippen molar-refractivity contribution in [1.29, 1.82) is 5.26 Å². The van der Waals surface area contributed by atoms with Gasteiger partial charge in [0.2, 0.25) is 0 Å². The van der Waals surface area contributed by atoms with Crippen LogP contribution in [0.1, 0.15) is 30.7 Å². The first-order valence-electron chi connectivity index (χ1n) is 9.07. The molecule has 6 heteroatoms. The second-order valence-corrected chi connectivity index (χ2v) is 7.97. The van der Waals surface area contributed by atoms with Crippen LogP contribution in [0.3, 0.4) is 0 Å². The highest BCUT2D eigenvalue weighted by molar-refractivity contribution is 9.10. The van der Waals surface area contributed by atoms with Gasteiger partial charge in [0.25, 0.3) is 0 Å². The van der Waals surface area contributed by atoms with Gasteiger partial charge in [0.05, 0.1) is 24.1 Å². The van der Waals surface area contributed by atoms with Crippen LogP contribution in [0.5, 0.6) is 5.75 Å². The van der Waals surface area contributed by atoms with E-state index in [0.29, 0.717) is 6.61 Å². The van der Waals surface area contributed by atoms with Gasteiger partial charge >= 0.3 is 0 Å². The summed E-state index contributed by atoms with van der Waals surface area (Å²) in [4.78, 5) is 9.10. The number of unbranched alkanes of at least 4 members (excludes halogenated alkanes) is 1. The number of ether oxygens (including phenoxy) is 1. The van der Waals surface area contributed by atoms with E-state index in [9.17, 15) is 5.26 Å². The van der Waals surface area contributed by atoms with Crippen molar-refractivity contribution < 1.29 is 4.74 Å². The van der Waals surface area contributed by atoms with E-state index in [1.165, 1.54) is 11.3 Å². The maximum absolute atomic E-state index is 9.57. The molecule has 0 aliphatic carbocycles. The highest BCUT2D eigenvalue weighted by atomic mass is 79.9. The zero-order valence-electron chi connectivity index (χ0n) is 15.5. The van der Waals surface area contributed by atoms with E-state index in [1.807, 2.05) is 53.9 Å². The molecule has 4 nitrogen and oxygen atoms in total. The van der Waals surface area contributed by atoms with Crippen LogP contribution in [0.15, 0.2) is 63.4 Å². The Morgan fingerprint density at radius 3 is 2.93 bits per heavy atom. The van der Waals surface area contributed by atoms with Crippen molar-refractivity contribution in [2.24, 2.45) is 4.99 Å². The Bertz CT molecular complexity index is 993. The summed E-state index contributed by atoms with van der Waals surface area (Å²) in [6.45, 7) is 2.83. The molecule has 0 bridgehead atoms. The van der Waals surface area contributed by atoms with E-state index in [-0.39, 0.29) is 0 Å². The minimum absolute atomic E-state index is 0.490. The van der Waals surface area contributed by atoms with Gasteiger partial charge in [0, 0.05) is 27.7 Å². The number of hydrogen-bond acceptors (Lipinski definition) is 5. The van der Waals surface area contributed by atoms with Crippen LogP contribution >= 0.6 is 27.3 Å². The SMILES string of the molecule is CCCCOc1cccc(N=CC(C#N)c2nc(-c3cccc(Br)c3)cs2)c1. The van der Waals surface area contributed by atoms with E-state index in [0.717, 1.165) is 45.0 Å². The normalized spacial score (nSPS) is 12.0. The quantitative estimate of drug-likeness (QED) is 0.279. The third-order valence-electron chi connectivity index (χ3n) is 4.00. The molecule has 0 saturated heterocycles. The Labute approximate surface area is 177 Å². The first-order chi connectivity index (χ1) is 13.7. The van der Waals surface area contributed by atoms with Crippen molar-refractivity contribution in [2.45, 2.75) is 25.7 Å². The van der Waals surface area contributed by atoms with Crippen molar-refractivity contribution in [3.8, 4) is 23.1 Å². The summed E-state index contributed by atoms with van der Waals surface area (Å²) < 4.78 is 6.71. The molecule has 142 valence electrons. The van der Waals surface area contributed by atoms with Gasteiger partial charge in [0.15, 0.2) is 0 Å². The molecule has 1 heterocycles. The van der Waals surface area contributed by atoms with Crippen molar-refractivity contribution in [2.75, 3.05) is 6.61 Å². The van der Waals surface area contributed by atoms with Crippen LogP contribution in [0.25, 0.3) is 11.3 Å². The minimum atomic E-state index is -0.490. The molecular formula is C22H20BrN3OS. The van der Waals surface area contributed by atoms with Crippen LogP contribution in [-0.4, -0.2) is 17.8 Å². The highest BCUT2D eigenvalue weighted by Gasteiger charge is 2.14. The Morgan fingerprint density at radius 1 is 1.29 bits per heavy atom. The highest BCUT2D eigenvalue weighted by Crippen LogP contribution is 2.28. The van der Waals surface area contributed by atoms with Gasteiger partial charge in [-0.2, -0.15) is 5.26 Å². The predicted molar refractivity (Wildman–Crippen MR) is 119 cm³/mol. The van der Waals surface area contributed by atoms with Crippen molar-refractivity contribution in [3.63, 3.8) is 0 Å². The largest absolute Gasteiger partial charge is 0.494 e. The molecular weight excluding hydrogens is 434 g/mol. The van der Waals surface area contributed by atoms with Gasteiger partial charge in [0.1, 0.15) is 16.7 Å². The number of aromatic nitrogens is 1. The lowest BCUT2D eigenvalue weighted by Crippen LogP contribution is -1.97. The van der Waals surface area contributed by atoms with E-state index >= 15 is 0 Å². The van der Waals surface area contributed by atoms with E-state index in [1.54, 1.807) is 6.21 Å². The summed E-state index contributed by atoms with van der Waals surface area (Å²) in [5.41, 5.74) is 2.64. The molecule has 1 unspecified atom stereocenters. The van der Waals surface area contributed by atoms with E-state index in [2.05, 4.69) is 38.9 Å². The summed E-state index contributed by atoms with van der Waals surface area (Å²) in [6, 6.07) is 17.8. The smallest absolute Gasteiger partial charge is 0.133 e. The first-order valence-corrected chi connectivity index (χ1v) is 10.7. The second-order valence-electron chi connectivity index (χ2n) is 6.17. The topological polar surface area (TPSA) is 58.3 Å². The fourth-order valence-corrected chi connectivity index (χ4v) is 3.74. The zero-order chi connectivity index (χ0) is 19.8. The van der Waals surface area contributed by atoms with E-state index < -0.39 is 5.92 Å². The number of rotatable bonds is 8. The molecule has 1 aromatic heterocycles. The molecule has 3 aromatic rings. The van der Waals surface area contributed by atoms with Crippen LogP contribution in [-0.2, 0) is 0 Å². The Hall–Kier alpha value is -2.49. The lowest BCUT2D eigenvalue weighted by atomic mass is 10.1. The molecule has 0 aliphatic heterocycles. The van der Waals surface area contributed by atoms with Gasteiger partial charge in [-0.25, -0.2) is 4.98 Å². The molecule has 0 aliphatic rings. The number of halogens is 1. The summed E-state index contributed by atoms with van der Waals surface area (Å²) in [6.07, 6.45) is 3.76. The zero-order valence-corrected chi connectivity index (χ0v) is 17.9. The van der Waals surface area contributed by atoms with Crippen LogP contribution in [0.2, 0.25) is 0 Å². The van der Waals surface area contributed by atoms with Crippen LogP contribution in [0.4, 0.5) is 5.69 Å². The maximum Gasteiger partial charge on any atom is 0.133 e. The standard InChI is InChI=1S/C22H20BrN3OS/c1-2-3-10-27-20-9-5-8-19(12-20)25-14-17(13-24)22-26-21(15-28-22)16-6-4-7-18(23)11-16/h4-9,11-12,14-15,17H,2-3,10H2,1H3. The lowest BCUT2D eigenvalue weighted by molar-refractivity contribution is 0.309. The molecule has 0 radical (unpaired) electrons. The number of hydrogen-bond donors (Lipinski definition) is 0. The Balaban J connectivity index is 1.73. The van der Waals surface area contributed by atoms with Gasteiger partial charge in [-0.3, -0.25) is 4.99 Å². The minimum Gasteiger partial charge on any atom is -0.494 e. The van der Waals surface area contributed by atoms with E-state index in [4.69, 9.17) is 4.74 Å². The fourth-order valence-electron chi connectivity index (χ4n) is 2.51. The second kappa shape index (κ2) is 10.2. The average molecular weight is 454 g/mol. The monoisotopic (exact) mass is 453 g/mol. The van der Waals surface area contributed by atoms with Crippen molar-refractivity contribution >= 4 is 39.2 Å². The molecule has 3 rings (SSSR count). The summed E-state index contributed by atoms with van der Waals surface area (Å²) in [7, 11) is 0. The lowest BCUT2D eigenvalue weighted by Gasteiger charge is -2.05. The summed E-state index contributed by atoms with van der Waals surface area (Å²) >= 11 is 4.95. The molecule has 28 heavy (non-hydrogen) atoms. The van der Waals surface area contributed by atoms with Crippen LogP contribution < -0.4 is 4.74 Å². The Morgan fingerprint density at radius 2 is 2.14 bits per heavy atom. The van der Waals surface area contributed by atoms with Gasteiger partial charge < -0.3 is 4.74 Å². The molecule has 0 saturated carbocycles. The summed E-state index contributed by atoms with van der Waals surface area (Å²) in [5, 5.41) is 12.3. The third kappa shape index (κ3) is 5.51. The van der Waals surface area contributed by atoms with Crippen LogP contribution in [0, 0.1) is 11.3 Å². The van der Waals surface area contributed by atoms with Crippen molar-refractivity contribution in [1.82, 2.24) is 4.98 Å². The first kappa shape index (κ1) is 20.2. The van der Waals surface area contributed by atoms with Gasteiger partial charge in [-0.15, -0.1) is 11.3 Å². The average Bonchev–Trinajstić information content (AvgIpc) is 3.19. The molecule has 2 aromatic carbocycles. The van der Waals surface area contributed by atoms with Gasteiger partial charge in [-0.1, -0.05) is 47.5 Å². The van der Waals surface area contributed by atoms with Crippen molar-refractivity contribution in [3.05, 3.63) is 63.4 Å². The summed E-state index contributed by atoms with van der Waals surface area (Å²) in [5.74, 6) is 0.304.